The molecule has 6 atom stereocenters. The second kappa shape index (κ2) is 10.5. The lowest BCUT2D eigenvalue weighted by atomic mass is 9.57. The molecule has 3 fully saturated rings. The summed E-state index contributed by atoms with van der Waals surface area (Å²) in [4.78, 5) is 59.1. The highest BCUT2D eigenvalue weighted by Gasteiger charge is 2.62. The van der Waals surface area contributed by atoms with Gasteiger partial charge in [0.1, 0.15) is 5.75 Å². The largest absolute Gasteiger partial charge is 0.507 e. The van der Waals surface area contributed by atoms with Gasteiger partial charge < -0.3 is 5.11 Å². The molecule has 226 valence electrons. The predicted molar refractivity (Wildman–Crippen MR) is 173 cm³/mol. The van der Waals surface area contributed by atoms with Crippen LogP contribution in [0.3, 0.4) is 0 Å². The molecule has 4 aliphatic rings. The molecule has 0 bridgehead atoms. The van der Waals surface area contributed by atoms with E-state index in [1.54, 1.807) is 36.4 Å². The quantitative estimate of drug-likeness (QED) is 0.273. The Bertz CT molecular complexity index is 1810. The third kappa shape index (κ3) is 4.25. The van der Waals surface area contributed by atoms with Gasteiger partial charge in [-0.15, -0.1) is 0 Å². The summed E-state index contributed by atoms with van der Waals surface area (Å²) in [5.74, 6) is -4.27. The summed E-state index contributed by atoms with van der Waals surface area (Å²) in [5, 5.41) is 10.6. The van der Waals surface area contributed by atoms with Crippen molar-refractivity contribution in [1.82, 2.24) is 0 Å². The molecule has 0 radical (unpaired) electrons. The van der Waals surface area contributed by atoms with E-state index in [4.69, 9.17) is 0 Å². The highest BCUT2D eigenvalue weighted by atomic mass is 16.3. The number of rotatable bonds is 5. The van der Waals surface area contributed by atoms with Gasteiger partial charge in [-0.3, -0.25) is 29.0 Å². The Kier molecular flexibility index (Phi) is 6.73. The smallest absolute Gasteiger partial charge is 0.238 e. The maximum Gasteiger partial charge on any atom is 0.238 e. The first-order chi connectivity index (χ1) is 21.6. The van der Waals surface area contributed by atoms with Gasteiger partial charge in [0.25, 0.3) is 0 Å². The van der Waals surface area contributed by atoms with Crippen LogP contribution in [0.15, 0.2) is 85.5 Å². The zero-order chi connectivity index (χ0) is 31.7. The number of amides is 4. The molecule has 7 heteroatoms. The van der Waals surface area contributed by atoms with Gasteiger partial charge in [0.2, 0.25) is 23.6 Å². The minimum absolute atomic E-state index is 0.188. The highest BCUT2D eigenvalue weighted by Crippen LogP contribution is 2.58. The number of imide groups is 2. The SMILES string of the molecule is C=Cc1ccc(N2C(=O)[C@H]3[C@H](CC=C4[C@H]3C[C@H]3C(=O)N(c5ccc(C=C)cc5)C(=O)[C@H]3[C@H]4c3cc(C)c(O)c(C)c3)C2=O)cc1. The maximum atomic E-state index is 14.3. The summed E-state index contributed by atoms with van der Waals surface area (Å²) in [5.41, 5.74) is 5.87. The van der Waals surface area contributed by atoms with E-state index in [0.29, 0.717) is 35.3 Å². The van der Waals surface area contributed by atoms with Crippen LogP contribution in [-0.2, 0) is 19.2 Å². The van der Waals surface area contributed by atoms with Crippen molar-refractivity contribution in [2.75, 3.05) is 9.80 Å². The number of fused-ring (bicyclic) bond motifs is 4. The Morgan fingerprint density at radius 1 is 0.689 bits per heavy atom. The lowest BCUT2D eigenvalue weighted by molar-refractivity contribution is -0.126. The molecule has 7 nitrogen and oxygen atoms in total. The minimum Gasteiger partial charge on any atom is -0.507 e. The molecular formula is C38H34N2O5. The number of anilines is 2. The standard InChI is InChI=1S/C38H34N2O5/c1-5-22-7-11-25(12-8-22)39-35(42)28-16-15-27-29(32(28)37(39)44)19-30-33(31(27)24-17-20(3)34(41)21(4)18-24)38(45)40(36(30)43)26-13-9-23(6-2)10-14-26/h5-15,17-18,28-33,41H,1-2,16,19H2,3-4H3/t28-,29+,30+,31-,32-,33+/m0/s1. The van der Waals surface area contributed by atoms with Gasteiger partial charge in [0.15, 0.2) is 0 Å². The molecule has 2 aliphatic carbocycles. The topological polar surface area (TPSA) is 95.0 Å². The van der Waals surface area contributed by atoms with Crippen LogP contribution >= 0.6 is 0 Å². The zero-order valence-electron chi connectivity index (χ0n) is 25.3. The van der Waals surface area contributed by atoms with E-state index < -0.39 is 35.5 Å². The number of nitrogens with zero attached hydrogens (tertiary/aromatic N) is 2. The Morgan fingerprint density at radius 3 is 1.69 bits per heavy atom. The fraction of sp³-hybridized carbons (Fsp3) is 0.263. The van der Waals surface area contributed by atoms with E-state index in [1.165, 1.54) is 9.80 Å². The second-order valence-electron chi connectivity index (χ2n) is 12.6. The van der Waals surface area contributed by atoms with Gasteiger partial charge in [-0.2, -0.15) is 0 Å². The van der Waals surface area contributed by atoms with E-state index in [2.05, 4.69) is 13.2 Å². The number of phenols is 1. The van der Waals surface area contributed by atoms with Crippen molar-refractivity contribution in [3.05, 3.63) is 113 Å². The van der Waals surface area contributed by atoms with Gasteiger partial charge in [0.05, 0.1) is 35.0 Å². The van der Waals surface area contributed by atoms with Crippen LogP contribution in [0.2, 0.25) is 0 Å². The summed E-state index contributed by atoms with van der Waals surface area (Å²) >= 11 is 0. The number of aromatic hydroxyl groups is 1. The summed E-state index contributed by atoms with van der Waals surface area (Å²) in [6.07, 6.45) is 6.13. The Hall–Kier alpha value is -5.04. The van der Waals surface area contributed by atoms with Gasteiger partial charge >= 0.3 is 0 Å². The van der Waals surface area contributed by atoms with Crippen LogP contribution in [0.1, 0.15) is 46.6 Å². The minimum atomic E-state index is -0.672. The molecule has 0 spiro atoms. The van der Waals surface area contributed by atoms with Crippen molar-refractivity contribution in [2.24, 2.45) is 29.6 Å². The average Bonchev–Trinajstić information content (AvgIpc) is 3.46. The normalized spacial score (nSPS) is 27.2. The first-order valence-electron chi connectivity index (χ1n) is 15.3. The molecule has 2 saturated heterocycles. The number of carbonyl (C=O) groups excluding carboxylic acids is 4. The number of benzene rings is 3. The molecule has 3 aromatic rings. The Labute approximate surface area is 262 Å². The van der Waals surface area contributed by atoms with Crippen molar-refractivity contribution in [2.45, 2.75) is 32.6 Å². The van der Waals surface area contributed by atoms with E-state index in [1.807, 2.05) is 56.3 Å². The third-order valence-electron chi connectivity index (χ3n) is 10.3. The molecule has 3 aromatic carbocycles. The van der Waals surface area contributed by atoms with Gasteiger partial charge in [-0.05, 0) is 84.7 Å². The second-order valence-corrected chi connectivity index (χ2v) is 12.6. The molecule has 1 saturated carbocycles. The van der Waals surface area contributed by atoms with Crippen molar-refractivity contribution in [3.63, 3.8) is 0 Å². The van der Waals surface area contributed by atoms with Crippen molar-refractivity contribution < 1.29 is 24.3 Å². The monoisotopic (exact) mass is 598 g/mol. The summed E-state index contributed by atoms with van der Waals surface area (Å²) in [6, 6.07) is 18.1. The number of hydrogen-bond donors (Lipinski definition) is 1. The van der Waals surface area contributed by atoms with Crippen LogP contribution < -0.4 is 9.80 Å². The predicted octanol–water partition coefficient (Wildman–Crippen LogP) is 6.34. The van der Waals surface area contributed by atoms with Gasteiger partial charge in [-0.25, -0.2) is 0 Å². The molecule has 45 heavy (non-hydrogen) atoms. The lowest BCUT2D eigenvalue weighted by Gasteiger charge is -2.44. The first kappa shape index (κ1) is 28.7. The molecule has 0 aromatic heterocycles. The number of carbonyl (C=O) groups is 4. The summed E-state index contributed by atoms with van der Waals surface area (Å²) in [6.45, 7) is 11.2. The molecule has 4 amide bonds. The Balaban J connectivity index is 1.33. The van der Waals surface area contributed by atoms with E-state index >= 15 is 0 Å². The van der Waals surface area contributed by atoms with E-state index in [9.17, 15) is 24.3 Å². The van der Waals surface area contributed by atoms with Crippen LogP contribution in [0.25, 0.3) is 12.2 Å². The maximum absolute atomic E-state index is 14.3. The highest BCUT2D eigenvalue weighted by molar-refractivity contribution is 6.24. The fourth-order valence-corrected chi connectivity index (χ4v) is 8.16. The van der Waals surface area contributed by atoms with E-state index in [0.717, 1.165) is 22.3 Å². The van der Waals surface area contributed by atoms with Gasteiger partial charge in [-0.1, -0.05) is 73.4 Å². The van der Waals surface area contributed by atoms with Gasteiger partial charge in [0, 0.05) is 5.92 Å². The molecule has 0 unspecified atom stereocenters. The molecule has 1 N–H and O–H groups in total. The average molecular weight is 599 g/mol. The lowest BCUT2D eigenvalue weighted by Crippen LogP contribution is -2.43. The van der Waals surface area contributed by atoms with Crippen LogP contribution in [-0.4, -0.2) is 28.7 Å². The molecule has 2 heterocycles. The van der Waals surface area contributed by atoms with Crippen LogP contribution in [0, 0.1) is 43.4 Å². The van der Waals surface area contributed by atoms with Crippen molar-refractivity contribution in [3.8, 4) is 5.75 Å². The van der Waals surface area contributed by atoms with Crippen molar-refractivity contribution in [1.29, 1.82) is 0 Å². The van der Waals surface area contributed by atoms with Crippen molar-refractivity contribution >= 4 is 47.2 Å². The first-order valence-corrected chi connectivity index (χ1v) is 15.3. The fourth-order valence-electron chi connectivity index (χ4n) is 8.16. The summed E-state index contributed by atoms with van der Waals surface area (Å²) < 4.78 is 0. The molecule has 2 aliphatic heterocycles. The number of allylic oxidation sites excluding steroid dienone is 2. The van der Waals surface area contributed by atoms with Crippen LogP contribution in [0.4, 0.5) is 11.4 Å². The van der Waals surface area contributed by atoms with E-state index in [-0.39, 0.29) is 29.4 Å². The number of phenolic OH excluding ortho intramolecular Hbond substituents is 1. The number of aryl methyl sites for hydroxylation is 2. The zero-order valence-corrected chi connectivity index (χ0v) is 25.3. The van der Waals surface area contributed by atoms with Crippen LogP contribution in [0.5, 0.6) is 5.75 Å². The molecular weight excluding hydrogens is 564 g/mol. The third-order valence-corrected chi connectivity index (χ3v) is 10.3. The number of hydrogen-bond acceptors (Lipinski definition) is 5. The summed E-state index contributed by atoms with van der Waals surface area (Å²) in [7, 11) is 0. The Morgan fingerprint density at radius 2 is 1.18 bits per heavy atom. The molecule has 7 rings (SSSR count).